The molecule has 106 valence electrons. The van der Waals surface area contributed by atoms with Gasteiger partial charge in [0.15, 0.2) is 0 Å². The van der Waals surface area contributed by atoms with Crippen LogP contribution >= 0.6 is 15.9 Å². The standard InChI is InChI=1S/C15H23BrN2O/c1-11(9-10-17)3-8-15(19)18-12(2)13-4-6-14(16)7-5-13/h4-7,11-12H,3,8-10,17H2,1-2H3,(H,18,19)/t11?,12-/m0/s1. The van der Waals surface area contributed by atoms with Crippen molar-refractivity contribution in [3.8, 4) is 0 Å². The minimum absolute atomic E-state index is 0.0467. The summed E-state index contributed by atoms with van der Waals surface area (Å²) in [5, 5.41) is 3.03. The van der Waals surface area contributed by atoms with Crippen molar-refractivity contribution >= 4 is 21.8 Å². The maximum Gasteiger partial charge on any atom is 0.220 e. The zero-order chi connectivity index (χ0) is 14.3. The summed E-state index contributed by atoms with van der Waals surface area (Å²) in [6.07, 6.45) is 2.45. The topological polar surface area (TPSA) is 55.1 Å². The first kappa shape index (κ1) is 16.2. The van der Waals surface area contributed by atoms with Crippen LogP contribution in [0, 0.1) is 5.92 Å². The Morgan fingerprint density at radius 2 is 1.89 bits per heavy atom. The maximum atomic E-state index is 11.9. The normalized spacial score (nSPS) is 13.9. The number of amides is 1. The molecule has 1 aromatic carbocycles. The van der Waals surface area contributed by atoms with Gasteiger partial charge in [-0.15, -0.1) is 0 Å². The monoisotopic (exact) mass is 326 g/mol. The molecule has 4 heteroatoms. The molecular weight excluding hydrogens is 304 g/mol. The van der Waals surface area contributed by atoms with Crippen molar-refractivity contribution in [1.82, 2.24) is 5.32 Å². The molecular formula is C15H23BrN2O. The van der Waals surface area contributed by atoms with Crippen molar-refractivity contribution < 1.29 is 4.79 Å². The van der Waals surface area contributed by atoms with Crippen LogP contribution in [0.5, 0.6) is 0 Å². The van der Waals surface area contributed by atoms with Crippen LogP contribution in [0.2, 0.25) is 0 Å². The largest absolute Gasteiger partial charge is 0.350 e. The van der Waals surface area contributed by atoms with Crippen LogP contribution in [-0.4, -0.2) is 12.5 Å². The number of hydrogen-bond acceptors (Lipinski definition) is 2. The molecule has 3 nitrogen and oxygen atoms in total. The van der Waals surface area contributed by atoms with Gasteiger partial charge in [0.25, 0.3) is 0 Å². The third-order valence-corrected chi connectivity index (χ3v) is 3.80. The molecule has 0 heterocycles. The molecule has 1 aromatic rings. The van der Waals surface area contributed by atoms with E-state index in [1.165, 1.54) is 0 Å². The molecule has 0 spiro atoms. The van der Waals surface area contributed by atoms with Gasteiger partial charge >= 0.3 is 0 Å². The molecule has 1 unspecified atom stereocenters. The van der Waals surface area contributed by atoms with E-state index < -0.39 is 0 Å². The van der Waals surface area contributed by atoms with E-state index in [0.29, 0.717) is 18.9 Å². The van der Waals surface area contributed by atoms with E-state index in [-0.39, 0.29) is 11.9 Å². The van der Waals surface area contributed by atoms with Gasteiger partial charge in [-0.3, -0.25) is 4.79 Å². The number of nitrogens with two attached hydrogens (primary N) is 1. The summed E-state index contributed by atoms with van der Waals surface area (Å²) in [4.78, 5) is 11.9. The number of nitrogens with one attached hydrogen (secondary N) is 1. The first-order valence-electron chi connectivity index (χ1n) is 6.77. The van der Waals surface area contributed by atoms with E-state index in [2.05, 4.69) is 28.2 Å². The Morgan fingerprint density at radius 3 is 2.47 bits per heavy atom. The van der Waals surface area contributed by atoms with E-state index in [1.807, 2.05) is 31.2 Å². The molecule has 0 saturated heterocycles. The van der Waals surface area contributed by atoms with E-state index in [0.717, 1.165) is 22.9 Å². The lowest BCUT2D eigenvalue weighted by atomic mass is 10.0. The number of hydrogen-bond donors (Lipinski definition) is 2. The predicted molar refractivity (Wildman–Crippen MR) is 82.8 cm³/mol. The van der Waals surface area contributed by atoms with E-state index >= 15 is 0 Å². The fraction of sp³-hybridized carbons (Fsp3) is 0.533. The molecule has 1 rings (SSSR count). The maximum absolute atomic E-state index is 11.9. The average Bonchev–Trinajstić information content (AvgIpc) is 2.37. The Morgan fingerprint density at radius 1 is 1.26 bits per heavy atom. The van der Waals surface area contributed by atoms with Gasteiger partial charge in [0.05, 0.1) is 6.04 Å². The summed E-state index contributed by atoms with van der Waals surface area (Å²) in [6.45, 7) is 4.83. The fourth-order valence-corrected chi connectivity index (χ4v) is 2.22. The Bertz CT molecular complexity index is 392. The summed E-state index contributed by atoms with van der Waals surface area (Å²) < 4.78 is 1.05. The van der Waals surface area contributed by atoms with Crippen LogP contribution in [0.4, 0.5) is 0 Å². The van der Waals surface area contributed by atoms with Crippen LogP contribution in [0.15, 0.2) is 28.7 Å². The summed E-state index contributed by atoms with van der Waals surface area (Å²) in [5.74, 6) is 0.623. The lowest BCUT2D eigenvalue weighted by molar-refractivity contribution is -0.122. The highest BCUT2D eigenvalue weighted by Crippen LogP contribution is 2.17. The van der Waals surface area contributed by atoms with Crippen LogP contribution in [0.25, 0.3) is 0 Å². The number of rotatable bonds is 7. The predicted octanol–water partition coefficient (Wildman–Crippen LogP) is 3.39. The second-order valence-electron chi connectivity index (χ2n) is 5.06. The van der Waals surface area contributed by atoms with Gasteiger partial charge in [0.1, 0.15) is 0 Å². The van der Waals surface area contributed by atoms with E-state index in [9.17, 15) is 4.79 Å². The molecule has 0 radical (unpaired) electrons. The number of carbonyl (C=O) groups excluding carboxylic acids is 1. The molecule has 3 N–H and O–H groups in total. The first-order chi connectivity index (χ1) is 9.02. The summed E-state index contributed by atoms with van der Waals surface area (Å²) in [6, 6.07) is 8.06. The molecule has 1 amide bonds. The second kappa shape index (κ2) is 8.33. The van der Waals surface area contributed by atoms with Crippen molar-refractivity contribution in [3.05, 3.63) is 34.3 Å². The van der Waals surface area contributed by atoms with Crippen molar-refractivity contribution in [3.63, 3.8) is 0 Å². The average molecular weight is 327 g/mol. The highest BCUT2D eigenvalue weighted by atomic mass is 79.9. The number of halogens is 1. The van der Waals surface area contributed by atoms with Gasteiger partial charge in [0.2, 0.25) is 5.91 Å². The highest BCUT2D eigenvalue weighted by molar-refractivity contribution is 9.10. The van der Waals surface area contributed by atoms with Crippen molar-refractivity contribution in [2.24, 2.45) is 11.7 Å². The molecule has 2 atom stereocenters. The number of carbonyl (C=O) groups is 1. The molecule has 0 aliphatic carbocycles. The molecule has 0 aliphatic heterocycles. The Hall–Kier alpha value is -0.870. The van der Waals surface area contributed by atoms with Gasteiger partial charge in [-0.05, 0) is 49.9 Å². The van der Waals surface area contributed by atoms with Gasteiger partial charge in [0, 0.05) is 10.9 Å². The summed E-state index contributed by atoms with van der Waals surface area (Å²) >= 11 is 3.40. The zero-order valence-corrected chi connectivity index (χ0v) is 13.2. The molecule has 0 aliphatic rings. The van der Waals surface area contributed by atoms with Crippen LogP contribution in [0.3, 0.4) is 0 Å². The van der Waals surface area contributed by atoms with Gasteiger partial charge < -0.3 is 11.1 Å². The van der Waals surface area contributed by atoms with Crippen LogP contribution < -0.4 is 11.1 Å². The van der Waals surface area contributed by atoms with E-state index in [1.54, 1.807) is 0 Å². The lowest BCUT2D eigenvalue weighted by Crippen LogP contribution is -2.26. The van der Waals surface area contributed by atoms with Gasteiger partial charge in [-0.2, -0.15) is 0 Å². The van der Waals surface area contributed by atoms with Gasteiger partial charge in [-0.1, -0.05) is 35.0 Å². The van der Waals surface area contributed by atoms with Crippen molar-refractivity contribution in [2.75, 3.05) is 6.54 Å². The fourth-order valence-electron chi connectivity index (χ4n) is 1.95. The Kier molecular flexibility index (Phi) is 7.10. The van der Waals surface area contributed by atoms with E-state index in [4.69, 9.17) is 5.73 Å². The second-order valence-corrected chi connectivity index (χ2v) is 5.98. The molecule has 0 bridgehead atoms. The Balaban J connectivity index is 2.37. The van der Waals surface area contributed by atoms with Crippen molar-refractivity contribution in [2.45, 2.75) is 39.2 Å². The summed E-state index contributed by atoms with van der Waals surface area (Å²) in [7, 11) is 0. The first-order valence-corrected chi connectivity index (χ1v) is 7.57. The minimum atomic E-state index is 0.0467. The molecule has 19 heavy (non-hydrogen) atoms. The van der Waals surface area contributed by atoms with Gasteiger partial charge in [-0.25, -0.2) is 0 Å². The zero-order valence-electron chi connectivity index (χ0n) is 11.7. The smallest absolute Gasteiger partial charge is 0.220 e. The highest BCUT2D eigenvalue weighted by Gasteiger charge is 2.10. The van der Waals surface area contributed by atoms with Crippen LogP contribution in [0.1, 0.15) is 44.7 Å². The van der Waals surface area contributed by atoms with Crippen LogP contribution in [-0.2, 0) is 4.79 Å². The third kappa shape index (κ3) is 6.21. The third-order valence-electron chi connectivity index (χ3n) is 3.27. The minimum Gasteiger partial charge on any atom is -0.350 e. The molecule has 0 fully saturated rings. The SMILES string of the molecule is CC(CCN)CCC(=O)N[C@@H](C)c1ccc(Br)cc1. The quantitative estimate of drug-likeness (QED) is 0.806. The molecule has 0 saturated carbocycles. The van der Waals surface area contributed by atoms with Crippen molar-refractivity contribution in [1.29, 1.82) is 0 Å². The molecule has 0 aromatic heterocycles. The Labute approximate surface area is 124 Å². The lowest BCUT2D eigenvalue weighted by Gasteiger charge is -2.15. The number of benzene rings is 1. The summed E-state index contributed by atoms with van der Waals surface area (Å²) in [5.41, 5.74) is 6.62.